The fraction of sp³-hybridized carbons (Fsp3) is 0.538. The molecule has 2 atom stereocenters. The first-order chi connectivity index (χ1) is 9.15. The number of aliphatic hydroxyl groups excluding tert-OH is 1. The maximum atomic E-state index is 8.93. The van der Waals surface area contributed by atoms with E-state index in [9.17, 15) is 0 Å². The zero-order valence-corrected chi connectivity index (χ0v) is 11.6. The van der Waals surface area contributed by atoms with Gasteiger partial charge in [0, 0.05) is 25.2 Å². The van der Waals surface area contributed by atoms with Crippen molar-refractivity contribution in [2.75, 3.05) is 19.9 Å². The summed E-state index contributed by atoms with van der Waals surface area (Å²) in [5.41, 5.74) is 6.76. The van der Waals surface area contributed by atoms with E-state index in [4.69, 9.17) is 31.9 Å². The van der Waals surface area contributed by atoms with Crippen molar-refractivity contribution < 1.29 is 14.6 Å². The van der Waals surface area contributed by atoms with E-state index in [1.807, 2.05) is 19.1 Å². The molecule has 1 heterocycles. The standard InChI is InChI=1S/C13H19ClN2O3/c1-8(2-3-17)16-11(6-15)9-4-10(14)13-12(5-9)18-7-19-13/h4-5,8,11,16-17H,2-3,6-7,15H2,1H3. The number of ether oxygens (including phenoxy) is 2. The second kappa shape index (κ2) is 6.43. The minimum absolute atomic E-state index is 0.0338. The van der Waals surface area contributed by atoms with Gasteiger partial charge >= 0.3 is 0 Å². The highest BCUT2D eigenvalue weighted by Crippen LogP contribution is 2.41. The molecule has 1 aliphatic heterocycles. The monoisotopic (exact) mass is 286 g/mol. The summed E-state index contributed by atoms with van der Waals surface area (Å²) >= 11 is 6.16. The SMILES string of the molecule is CC(CCO)NC(CN)c1cc(Cl)c2c(c1)OCO2. The van der Waals surface area contributed by atoms with Gasteiger partial charge in [0.05, 0.1) is 5.02 Å². The number of hydrogen-bond donors (Lipinski definition) is 3. The predicted octanol–water partition coefficient (Wildman–Crippen LogP) is 1.43. The quantitative estimate of drug-likeness (QED) is 0.737. The van der Waals surface area contributed by atoms with E-state index in [1.54, 1.807) is 0 Å². The van der Waals surface area contributed by atoms with E-state index < -0.39 is 0 Å². The molecule has 1 aromatic rings. The molecule has 0 aliphatic carbocycles. The Balaban J connectivity index is 2.17. The predicted molar refractivity (Wildman–Crippen MR) is 73.7 cm³/mol. The van der Waals surface area contributed by atoms with E-state index in [0.29, 0.717) is 29.5 Å². The first-order valence-corrected chi connectivity index (χ1v) is 6.69. The van der Waals surface area contributed by atoms with Gasteiger partial charge in [0.2, 0.25) is 6.79 Å². The lowest BCUT2D eigenvalue weighted by Gasteiger charge is -2.22. The van der Waals surface area contributed by atoms with E-state index in [1.165, 1.54) is 0 Å². The number of nitrogens with one attached hydrogen (secondary N) is 1. The average molecular weight is 287 g/mol. The summed E-state index contributed by atoms with van der Waals surface area (Å²) in [5, 5.41) is 12.8. The van der Waals surface area contributed by atoms with Crippen LogP contribution in [-0.4, -0.2) is 31.1 Å². The molecule has 0 aromatic heterocycles. The number of rotatable bonds is 6. The highest BCUT2D eigenvalue weighted by Gasteiger charge is 2.21. The van der Waals surface area contributed by atoms with Crippen molar-refractivity contribution >= 4 is 11.6 Å². The van der Waals surface area contributed by atoms with Gasteiger partial charge in [0.25, 0.3) is 0 Å². The molecule has 4 N–H and O–H groups in total. The largest absolute Gasteiger partial charge is 0.454 e. The molecule has 2 rings (SSSR count). The van der Waals surface area contributed by atoms with Crippen LogP contribution in [0, 0.1) is 0 Å². The van der Waals surface area contributed by atoms with Crippen LogP contribution in [0.15, 0.2) is 12.1 Å². The smallest absolute Gasteiger partial charge is 0.231 e. The topological polar surface area (TPSA) is 76.7 Å². The third-order valence-electron chi connectivity index (χ3n) is 3.14. The van der Waals surface area contributed by atoms with Gasteiger partial charge in [-0.1, -0.05) is 11.6 Å². The fourth-order valence-corrected chi connectivity index (χ4v) is 2.38. The molecule has 2 unspecified atom stereocenters. The number of benzene rings is 1. The Morgan fingerprint density at radius 3 is 2.95 bits per heavy atom. The number of aliphatic hydroxyl groups is 1. The van der Waals surface area contributed by atoms with Crippen LogP contribution in [0.2, 0.25) is 5.02 Å². The molecule has 0 saturated heterocycles. The van der Waals surface area contributed by atoms with Crippen LogP contribution in [0.3, 0.4) is 0 Å². The normalized spacial score (nSPS) is 16.4. The highest BCUT2D eigenvalue weighted by atomic mass is 35.5. The lowest BCUT2D eigenvalue weighted by atomic mass is 10.0. The van der Waals surface area contributed by atoms with Crippen LogP contribution in [0.4, 0.5) is 0 Å². The van der Waals surface area contributed by atoms with Gasteiger partial charge in [-0.25, -0.2) is 0 Å². The Morgan fingerprint density at radius 2 is 2.26 bits per heavy atom. The van der Waals surface area contributed by atoms with Crippen molar-refractivity contribution in [3.8, 4) is 11.5 Å². The van der Waals surface area contributed by atoms with Crippen molar-refractivity contribution in [2.45, 2.75) is 25.4 Å². The molecular formula is C13H19ClN2O3. The third-order valence-corrected chi connectivity index (χ3v) is 3.42. The van der Waals surface area contributed by atoms with Gasteiger partial charge in [-0.3, -0.25) is 0 Å². The minimum atomic E-state index is -0.0338. The van der Waals surface area contributed by atoms with E-state index in [-0.39, 0.29) is 25.5 Å². The molecule has 0 amide bonds. The Bertz CT molecular complexity index is 442. The van der Waals surface area contributed by atoms with Gasteiger partial charge in [-0.05, 0) is 31.0 Å². The molecule has 106 valence electrons. The molecule has 19 heavy (non-hydrogen) atoms. The Kier molecular flexibility index (Phi) is 4.87. The van der Waals surface area contributed by atoms with Gasteiger partial charge in [0.1, 0.15) is 0 Å². The molecule has 1 aromatic carbocycles. The van der Waals surface area contributed by atoms with E-state index in [0.717, 1.165) is 5.56 Å². The molecule has 0 radical (unpaired) electrons. The van der Waals surface area contributed by atoms with Gasteiger partial charge in [-0.15, -0.1) is 0 Å². The van der Waals surface area contributed by atoms with Crippen LogP contribution < -0.4 is 20.5 Å². The molecule has 5 nitrogen and oxygen atoms in total. The van der Waals surface area contributed by atoms with Crippen molar-refractivity contribution in [2.24, 2.45) is 5.73 Å². The maximum Gasteiger partial charge on any atom is 0.231 e. The molecule has 6 heteroatoms. The average Bonchev–Trinajstić information content (AvgIpc) is 2.85. The van der Waals surface area contributed by atoms with Gasteiger partial charge in [-0.2, -0.15) is 0 Å². The van der Waals surface area contributed by atoms with Crippen molar-refractivity contribution in [1.82, 2.24) is 5.32 Å². The van der Waals surface area contributed by atoms with Gasteiger partial charge in [0.15, 0.2) is 11.5 Å². The molecule has 0 saturated carbocycles. The molecule has 0 fully saturated rings. The molecule has 0 spiro atoms. The molecule has 0 bridgehead atoms. The third kappa shape index (κ3) is 3.30. The lowest BCUT2D eigenvalue weighted by Crippen LogP contribution is -2.35. The van der Waals surface area contributed by atoms with E-state index in [2.05, 4.69) is 5.32 Å². The van der Waals surface area contributed by atoms with Crippen molar-refractivity contribution in [3.05, 3.63) is 22.7 Å². The fourth-order valence-electron chi connectivity index (χ4n) is 2.11. The number of hydrogen-bond acceptors (Lipinski definition) is 5. The summed E-state index contributed by atoms with van der Waals surface area (Å²) in [7, 11) is 0. The van der Waals surface area contributed by atoms with Crippen LogP contribution >= 0.6 is 11.6 Å². The summed E-state index contributed by atoms with van der Waals surface area (Å²) in [6.07, 6.45) is 0.675. The lowest BCUT2D eigenvalue weighted by molar-refractivity contribution is 0.174. The van der Waals surface area contributed by atoms with Crippen molar-refractivity contribution in [1.29, 1.82) is 0 Å². The Hall–Kier alpha value is -1.01. The van der Waals surface area contributed by atoms with Crippen molar-refractivity contribution in [3.63, 3.8) is 0 Å². The highest BCUT2D eigenvalue weighted by molar-refractivity contribution is 6.32. The van der Waals surface area contributed by atoms with Crippen LogP contribution in [0.5, 0.6) is 11.5 Å². The molecule has 1 aliphatic rings. The summed E-state index contributed by atoms with van der Waals surface area (Å²) in [6.45, 7) is 2.78. The van der Waals surface area contributed by atoms with E-state index >= 15 is 0 Å². The summed E-state index contributed by atoms with van der Waals surface area (Å²) in [4.78, 5) is 0. The Labute approximate surface area is 117 Å². The van der Waals surface area contributed by atoms with Gasteiger partial charge < -0.3 is 25.6 Å². The number of halogens is 1. The van der Waals surface area contributed by atoms with Crippen LogP contribution in [-0.2, 0) is 0 Å². The zero-order chi connectivity index (χ0) is 13.8. The minimum Gasteiger partial charge on any atom is -0.454 e. The first-order valence-electron chi connectivity index (χ1n) is 6.31. The summed E-state index contributed by atoms with van der Waals surface area (Å²) < 4.78 is 10.6. The molecular weight excluding hydrogens is 268 g/mol. The second-order valence-corrected chi connectivity index (χ2v) is 5.01. The second-order valence-electron chi connectivity index (χ2n) is 4.60. The summed E-state index contributed by atoms with van der Waals surface area (Å²) in [6, 6.07) is 3.87. The first kappa shape index (κ1) is 14.4. The zero-order valence-electron chi connectivity index (χ0n) is 10.9. The Morgan fingerprint density at radius 1 is 1.47 bits per heavy atom. The summed E-state index contributed by atoms with van der Waals surface area (Å²) in [5.74, 6) is 1.24. The number of fused-ring (bicyclic) bond motifs is 1. The number of nitrogens with two attached hydrogens (primary N) is 1. The van der Waals surface area contributed by atoms with Crippen LogP contribution in [0.25, 0.3) is 0 Å². The van der Waals surface area contributed by atoms with Crippen LogP contribution in [0.1, 0.15) is 24.9 Å². The maximum absolute atomic E-state index is 8.93.